The van der Waals surface area contributed by atoms with E-state index in [0.717, 1.165) is 31.6 Å². The Morgan fingerprint density at radius 1 is 0.909 bits per heavy atom. The van der Waals surface area contributed by atoms with E-state index in [1.165, 1.54) is 19.3 Å². The number of allylic oxidation sites excluding steroid dienone is 2. The van der Waals surface area contributed by atoms with Crippen LogP contribution in [0.2, 0.25) is 0 Å². The number of aryl methyl sites for hydroxylation is 1. The van der Waals surface area contributed by atoms with Crippen LogP contribution in [0.4, 0.5) is 8.78 Å². The second-order valence-electron chi connectivity index (χ2n) is 7.31. The van der Waals surface area contributed by atoms with Crippen molar-refractivity contribution in [1.82, 2.24) is 0 Å². The minimum Gasteiger partial charge on any atom is -0.203 e. The molecule has 0 aromatic heterocycles. The van der Waals surface area contributed by atoms with Gasteiger partial charge in [0.05, 0.1) is 0 Å². The molecule has 0 bridgehead atoms. The van der Waals surface area contributed by atoms with Gasteiger partial charge in [-0.1, -0.05) is 30.7 Å². The van der Waals surface area contributed by atoms with Crippen LogP contribution >= 0.6 is 0 Å². The Hall–Kier alpha value is -1.18. The third kappa shape index (κ3) is 3.11. The molecule has 1 unspecified atom stereocenters. The number of halogens is 2. The molecule has 2 heteroatoms. The maximum absolute atomic E-state index is 14.2. The number of rotatable bonds is 2. The van der Waals surface area contributed by atoms with E-state index in [1.807, 2.05) is 0 Å². The smallest absolute Gasteiger partial charge is 0.162 e. The molecule has 0 nitrogen and oxygen atoms in total. The lowest BCUT2D eigenvalue weighted by Crippen LogP contribution is -2.18. The summed E-state index contributed by atoms with van der Waals surface area (Å²) in [6.45, 7) is 3.94. The molecule has 22 heavy (non-hydrogen) atoms. The van der Waals surface area contributed by atoms with E-state index in [-0.39, 0.29) is 5.92 Å². The Kier molecular flexibility index (Phi) is 4.65. The minimum atomic E-state index is -0.663. The summed E-state index contributed by atoms with van der Waals surface area (Å²) < 4.78 is 27.9. The Bertz CT molecular complexity index is 565. The average Bonchev–Trinajstić information content (AvgIpc) is 2.54. The molecule has 0 heterocycles. The van der Waals surface area contributed by atoms with Gasteiger partial charge in [-0.25, -0.2) is 8.78 Å². The largest absolute Gasteiger partial charge is 0.203 e. The van der Waals surface area contributed by atoms with Crippen molar-refractivity contribution in [3.8, 4) is 0 Å². The molecule has 2 aliphatic rings. The number of hydrogen-bond donors (Lipinski definition) is 0. The van der Waals surface area contributed by atoms with Gasteiger partial charge in [-0.15, -0.1) is 0 Å². The molecule has 1 aromatic carbocycles. The second kappa shape index (κ2) is 6.52. The quantitative estimate of drug-likeness (QED) is 0.563. The predicted octanol–water partition coefficient (Wildman–Crippen LogP) is 6.29. The van der Waals surface area contributed by atoms with Gasteiger partial charge < -0.3 is 0 Å². The zero-order chi connectivity index (χ0) is 15.7. The van der Waals surface area contributed by atoms with Crippen LogP contribution in [0.1, 0.15) is 68.9 Å². The summed E-state index contributed by atoms with van der Waals surface area (Å²) in [7, 11) is 0. The summed E-state index contributed by atoms with van der Waals surface area (Å²) in [6.07, 6.45) is 10.4. The maximum atomic E-state index is 14.2. The molecule has 1 atom stereocenters. The molecule has 1 fully saturated rings. The van der Waals surface area contributed by atoms with Gasteiger partial charge in [0.25, 0.3) is 0 Å². The molecule has 1 saturated carbocycles. The summed E-state index contributed by atoms with van der Waals surface area (Å²) in [6, 6.07) is 3.51. The molecular formula is C20H26F2. The van der Waals surface area contributed by atoms with E-state index in [0.29, 0.717) is 17.0 Å². The number of hydrogen-bond acceptors (Lipinski definition) is 0. The van der Waals surface area contributed by atoms with Crippen LogP contribution in [-0.2, 0) is 0 Å². The van der Waals surface area contributed by atoms with Crippen LogP contribution < -0.4 is 0 Å². The highest BCUT2D eigenvalue weighted by Gasteiger charge is 2.28. The molecule has 0 radical (unpaired) electrons. The van der Waals surface area contributed by atoms with Crippen LogP contribution in [0.25, 0.3) is 0 Å². The van der Waals surface area contributed by atoms with Crippen molar-refractivity contribution >= 4 is 0 Å². The van der Waals surface area contributed by atoms with Crippen molar-refractivity contribution in [2.24, 2.45) is 11.8 Å². The normalized spacial score (nSPS) is 29.3. The van der Waals surface area contributed by atoms with Crippen molar-refractivity contribution in [2.75, 3.05) is 0 Å². The van der Waals surface area contributed by atoms with Crippen LogP contribution in [0.5, 0.6) is 0 Å². The summed E-state index contributed by atoms with van der Waals surface area (Å²) in [5.41, 5.74) is 2.62. The third-order valence-electron chi connectivity index (χ3n) is 5.70. The molecule has 1 aromatic rings. The molecule has 0 saturated heterocycles. The Labute approximate surface area is 132 Å². The van der Waals surface area contributed by atoms with E-state index in [2.05, 4.69) is 13.0 Å². The van der Waals surface area contributed by atoms with Crippen molar-refractivity contribution in [2.45, 2.75) is 64.7 Å². The summed E-state index contributed by atoms with van der Waals surface area (Å²) in [5, 5.41) is 0. The van der Waals surface area contributed by atoms with Crippen molar-refractivity contribution in [3.63, 3.8) is 0 Å². The Morgan fingerprint density at radius 3 is 2.23 bits per heavy atom. The second-order valence-corrected chi connectivity index (χ2v) is 7.31. The van der Waals surface area contributed by atoms with Crippen molar-refractivity contribution in [3.05, 3.63) is 46.5 Å². The minimum absolute atomic E-state index is 0.189. The lowest BCUT2D eigenvalue weighted by molar-refractivity contribution is 0.336. The molecule has 0 spiro atoms. The molecule has 0 N–H and O–H groups in total. The van der Waals surface area contributed by atoms with Crippen molar-refractivity contribution < 1.29 is 8.78 Å². The van der Waals surface area contributed by atoms with Crippen LogP contribution in [0.3, 0.4) is 0 Å². The maximum Gasteiger partial charge on any atom is 0.162 e. The van der Waals surface area contributed by atoms with Gasteiger partial charge in [-0.2, -0.15) is 0 Å². The lowest BCUT2D eigenvalue weighted by Gasteiger charge is -2.32. The lowest BCUT2D eigenvalue weighted by atomic mass is 9.73. The Balaban J connectivity index is 1.66. The van der Waals surface area contributed by atoms with Crippen LogP contribution in [-0.4, -0.2) is 0 Å². The van der Waals surface area contributed by atoms with E-state index in [1.54, 1.807) is 24.6 Å². The SMILES string of the molecule is Cc1ccc(C2CCC(C3=CCC(C)CC3)CC2)c(F)c1F. The van der Waals surface area contributed by atoms with E-state index < -0.39 is 11.6 Å². The first-order valence-corrected chi connectivity index (χ1v) is 8.69. The molecule has 3 rings (SSSR count). The molecule has 0 amide bonds. The highest BCUT2D eigenvalue weighted by Crippen LogP contribution is 2.42. The van der Waals surface area contributed by atoms with Crippen LogP contribution in [0.15, 0.2) is 23.8 Å². The van der Waals surface area contributed by atoms with E-state index in [9.17, 15) is 8.78 Å². The Morgan fingerprint density at radius 2 is 1.59 bits per heavy atom. The summed E-state index contributed by atoms with van der Waals surface area (Å²) >= 11 is 0. The first-order chi connectivity index (χ1) is 10.6. The van der Waals surface area contributed by atoms with Gasteiger partial charge in [0.1, 0.15) is 0 Å². The fraction of sp³-hybridized carbons (Fsp3) is 0.600. The highest BCUT2D eigenvalue weighted by molar-refractivity contribution is 5.29. The van der Waals surface area contributed by atoms with Gasteiger partial charge in [0.15, 0.2) is 11.6 Å². The zero-order valence-corrected chi connectivity index (χ0v) is 13.7. The van der Waals surface area contributed by atoms with Crippen LogP contribution in [0, 0.1) is 30.4 Å². The highest BCUT2D eigenvalue weighted by atomic mass is 19.2. The first kappa shape index (κ1) is 15.7. The van der Waals surface area contributed by atoms with Gasteiger partial charge >= 0.3 is 0 Å². The fourth-order valence-electron chi connectivity index (χ4n) is 4.11. The zero-order valence-electron chi connectivity index (χ0n) is 13.7. The van der Waals surface area contributed by atoms with Gasteiger partial charge in [-0.3, -0.25) is 0 Å². The van der Waals surface area contributed by atoms with Crippen molar-refractivity contribution in [1.29, 1.82) is 0 Å². The first-order valence-electron chi connectivity index (χ1n) is 8.69. The topological polar surface area (TPSA) is 0 Å². The summed E-state index contributed by atoms with van der Waals surface area (Å²) in [5.74, 6) is 0.416. The summed E-state index contributed by atoms with van der Waals surface area (Å²) in [4.78, 5) is 0. The molecule has 0 aliphatic heterocycles. The van der Waals surface area contributed by atoms with Gasteiger partial charge in [0, 0.05) is 0 Å². The average molecular weight is 304 g/mol. The molecule has 120 valence electrons. The van der Waals surface area contributed by atoms with Gasteiger partial charge in [0.2, 0.25) is 0 Å². The van der Waals surface area contributed by atoms with E-state index >= 15 is 0 Å². The van der Waals surface area contributed by atoms with E-state index in [4.69, 9.17) is 0 Å². The third-order valence-corrected chi connectivity index (χ3v) is 5.70. The monoisotopic (exact) mass is 304 g/mol. The van der Waals surface area contributed by atoms with Gasteiger partial charge in [-0.05, 0) is 80.8 Å². The standard InChI is InChI=1S/C20H26F2/c1-13-3-6-15(7-4-13)16-8-10-17(11-9-16)18-12-5-14(2)19(21)20(18)22/h5-6,12-13,16-17H,3-4,7-11H2,1-2H3. The molecular weight excluding hydrogens is 278 g/mol. The number of benzene rings is 1. The predicted molar refractivity (Wildman–Crippen MR) is 86.9 cm³/mol. The molecule has 2 aliphatic carbocycles. The fourth-order valence-corrected chi connectivity index (χ4v) is 4.11.